The third-order valence-corrected chi connectivity index (χ3v) is 6.64. The highest BCUT2D eigenvalue weighted by Crippen LogP contribution is 2.36. The van der Waals surface area contributed by atoms with Gasteiger partial charge in [0.15, 0.2) is 5.54 Å². The number of urea groups is 1. The van der Waals surface area contributed by atoms with Gasteiger partial charge in [0.25, 0.3) is 17.7 Å². The normalized spacial score (nSPS) is 16.1. The number of carbonyl (C=O) groups excluding carboxylic acids is 3. The van der Waals surface area contributed by atoms with E-state index in [2.05, 4.69) is 31.8 Å². The van der Waals surface area contributed by atoms with Crippen molar-refractivity contribution in [2.75, 3.05) is 11.4 Å². The molecule has 4 aromatic rings. The van der Waals surface area contributed by atoms with Gasteiger partial charge in [0.1, 0.15) is 5.75 Å². The Bertz CT molecular complexity index is 1600. The van der Waals surface area contributed by atoms with Gasteiger partial charge in [-0.25, -0.2) is 9.78 Å². The van der Waals surface area contributed by atoms with Gasteiger partial charge in [-0.2, -0.15) is 10.2 Å². The average Bonchev–Trinajstić information content (AvgIpc) is 3.62. The van der Waals surface area contributed by atoms with E-state index < -0.39 is 23.4 Å². The Balaban J connectivity index is 1.14. The number of carbonyl (C=O) groups is 3. The molecule has 192 valence electrons. The second-order valence-electron chi connectivity index (χ2n) is 8.95. The first-order valence-corrected chi connectivity index (χ1v) is 12.0. The summed E-state index contributed by atoms with van der Waals surface area (Å²) in [4.78, 5) is 47.3. The Morgan fingerprint density at radius 2 is 1.67 bits per heavy atom. The van der Waals surface area contributed by atoms with Crippen LogP contribution >= 0.6 is 0 Å². The molecule has 0 unspecified atom stereocenters. The van der Waals surface area contributed by atoms with Crippen molar-refractivity contribution in [3.63, 3.8) is 0 Å². The number of hydrogen-bond acceptors (Lipinski definition) is 10. The van der Waals surface area contributed by atoms with Crippen molar-refractivity contribution < 1.29 is 23.6 Å². The predicted molar refractivity (Wildman–Crippen MR) is 135 cm³/mol. The number of amides is 4. The minimum atomic E-state index is -1.48. The number of imide groups is 2. The molecule has 2 saturated heterocycles. The zero-order chi connectivity index (χ0) is 27.0. The number of aromatic nitrogens is 3. The van der Waals surface area contributed by atoms with Gasteiger partial charge in [-0.3, -0.25) is 20.2 Å². The smallest absolute Gasteiger partial charge is 0.328 e. The SMILES string of the molecule is N#Cc1ccc(-c2nc(-c3ccc(Oc4ccc(N5CCCC56C(=O)NC(=O)NC6=O)cn4)cc3)no2)cc1. The quantitative estimate of drug-likeness (QED) is 0.373. The summed E-state index contributed by atoms with van der Waals surface area (Å²) < 4.78 is 11.2. The number of nitrogens with one attached hydrogen (secondary N) is 2. The van der Waals surface area contributed by atoms with Gasteiger partial charge in [0.2, 0.25) is 11.7 Å². The maximum absolute atomic E-state index is 12.7. The van der Waals surface area contributed by atoms with E-state index in [1.807, 2.05) is 0 Å². The van der Waals surface area contributed by atoms with Crippen LogP contribution in [-0.2, 0) is 9.59 Å². The Kier molecular flexibility index (Phi) is 5.73. The molecule has 12 nitrogen and oxygen atoms in total. The van der Waals surface area contributed by atoms with Crippen molar-refractivity contribution in [1.82, 2.24) is 25.8 Å². The summed E-state index contributed by atoms with van der Waals surface area (Å²) in [5, 5.41) is 17.4. The molecule has 2 N–H and O–H groups in total. The summed E-state index contributed by atoms with van der Waals surface area (Å²) in [6.45, 7) is 0.460. The molecule has 0 radical (unpaired) electrons. The van der Waals surface area contributed by atoms with Gasteiger partial charge >= 0.3 is 6.03 Å². The molecule has 2 fully saturated rings. The van der Waals surface area contributed by atoms with Crippen LogP contribution in [0.1, 0.15) is 18.4 Å². The monoisotopic (exact) mass is 521 g/mol. The zero-order valence-corrected chi connectivity index (χ0v) is 20.2. The van der Waals surface area contributed by atoms with Gasteiger partial charge < -0.3 is 14.2 Å². The molecule has 1 spiro atoms. The first-order valence-electron chi connectivity index (χ1n) is 12.0. The lowest BCUT2D eigenvalue weighted by molar-refractivity contribution is -0.137. The Hall–Kier alpha value is -5.57. The van der Waals surface area contributed by atoms with Crippen LogP contribution in [-0.4, -0.2) is 45.1 Å². The Morgan fingerprint density at radius 3 is 2.33 bits per heavy atom. The molecule has 0 atom stereocenters. The highest BCUT2D eigenvalue weighted by molar-refractivity contribution is 6.24. The molecule has 2 aromatic carbocycles. The molecule has 39 heavy (non-hydrogen) atoms. The molecule has 0 aliphatic carbocycles. The predicted octanol–water partition coefficient (Wildman–Crippen LogP) is 3.17. The number of anilines is 1. The second-order valence-corrected chi connectivity index (χ2v) is 8.95. The van der Waals surface area contributed by atoms with Gasteiger partial charge in [-0.1, -0.05) is 5.16 Å². The summed E-state index contributed by atoms with van der Waals surface area (Å²) in [5.41, 5.74) is 1.05. The van der Waals surface area contributed by atoms with E-state index >= 15 is 0 Å². The third kappa shape index (κ3) is 4.21. The molecule has 4 amide bonds. The lowest BCUT2D eigenvalue weighted by atomic mass is 9.92. The van der Waals surface area contributed by atoms with Gasteiger partial charge in [-0.15, -0.1) is 0 Å². The molecule has 0 saturated carbocycles. The van der Waals surface area contributed by atoms with Crippen molar-refractivity contribution >= 4 is 23.5 Å². The molecule has 12 heteroatoms. The highest BCUT2D eigenvalue weighted by Gasteiger charge is 2.57. The minimum absolute atomic E-state index is 0.290. The van der Waals surface area contributed by atoms with E-state index in [-0.39, 0.29) is 6.42 Å². The summed E-state index contributed by atoms with van der Waals surface area (Å²) in [5.74, 6) is 0.306. The lowest BCUT2D eigenvalue weighted by Crippen LogP contribution is -2.71. The van der Waals surface area contributed by atoms with E-state index in [4.69, 9.17) is 14.5 Å². The van der Waals surface area contributed by atoms with Crippen LogP contribution in [0, 0.1) is 11.3 Å². The summed E-state index contributed by atoms with van der Waals surface area (Å²) in [6, 6.07) is 18.5. The van der Waals surface area contributed by atoms with Crippen LogP contribution < -0.4 is 20.3 Å². The first kappa shape index (κ1) is 23.8. The van der Waals surface area contributed by atoms with Gasteiger partial charge in [-0.05, 0) is 67.4 Å². The van der Waals surface area contributed by atoms with Crippen LogP contribution in [0.3, 0.4) is 0 Å². The number of nitriles is 1. The first-order chi connectivity index (χ1) is 19.0. The van der Waals surface area contributed by atoms with Crippen molar-refractivity contribution in [3.8, 4) is 40.5 Å². The van der Waals surface area contributed by atoms with Crippen molar-refractivity contribution in [1.29, 1.82) is 5.26 Å². The van der Waals surface area contributed by atoms with Gasteiger partial charge in [0, 0.05) is 23.7 Å². The molecule has 4 heterocycles. The maximum Gasteiger partial charge on any atom is 0.328 e. The van der Waals surface area contributed by atoms with Crippen molar-refractivity contribution in [3.05, 3.63) is 72.4 Å². The number of hydrogen-bond donors (Lipinski definition) is 2. The fourth-order valence-corrected chi connectivity index (χ4v) is 4.72. The van der Waals surface area contributed by atoms with Crippen LogP contribution in [0.25, 0.3) is 22.8 Å². The fourth-order valence-electron chi connectivity index (χ4n) is 4.72. The highest BCUT2D eigenvalue weighted by atomic mass is 16.5. The number of pyridine rings is 1. The summed E-state index contributed by atoms with van der Waals surface area (Å²) in [6.07, 6.45) is 2.42. The molecule has 0 bridgehead atoms. The van der Waals surface area contributed by atoms with Crippen molar-refractivity contribution in [2.45, 2.75) is 18.4 Å². The molecular weight excluding hydrogens is 502 g/mol. The van der Waals surface area contributed by atoms with Crippen LogP contribution in [0.15, 0.2) is 71.4 Å². The van der Waals surface area contributed by atoms with E-state index in [0.29, 0.717) is 53.1 Å². The zero-order valence-electron chi connectivity index (χ0n) is 20.2. The Morgan fingerprint density at radius 1 is 0.949 bits per heavy atom. The Labute approximate surface area is 221 Å². The lowest BCUT2D eigenvalue weighted by Gasteiger charge is -2.38. The van der Waals surface area contributed by atoms with Gasteiger partial charge in [0.05, 0.1) is 23.5 Å². The van der Waals surface area contributed by atoms with E-state index in [1.165, 1.54) is 6.20 Å². The van der Waals surface area contributed by atoms with Crippen LogP contribution in [0.4, 0.5) is 10.5 Å². The fraction of sp³-hybridized carbons (Fsp3) is 0.148. The van der Waals surface area contributed by atoms with E-state index in [0.717, 1.165) is 5.56 Å². The second kappa shape index (κ2) is 9.38. The number of barbiturate groups is 1. The van der Waals surface area contributed by atoms with E-state index in [1.54, 1.807) is 65.6 Å². The molecule has 2 aliphatic rings. The number of ether oxygens (including phenoxy) is 1. The minimum Gasteiger partial charge on any atom is -0.439 e. The molecule has 2 aromatic heterocycles. The maximum atomic E-state index is 12.7. The van der Waals surface area contributed by atoms with Crippen molar-refractivity contribution in [2.24, 2.45) is 0 Å². The number of nitrogens with zero attached hydrogens (tertiary/aromatic N) is 5. The van der Waals surface area contributed by atoms with Crippen LogP contribution in [0.2, 0.25) is 0 Å². The van der Waals surface area contributed by atoms with E-state index in [9.17, 15) is 14.4 Å². The van der Waals surface area contributed by atoms with Crippen LogP contribution in [0.5, 0.6) is 11.6 Å². The topological polar surface area (TPSA) is 163 Å². The number of rotatable bonds is 5. The third-order valence-electron chi connectivity index (χ3n) is 6.64. The molecular formula is C27H19N7O5. The summed E-state index contributed by atoms with van der Waals surface area (Å²) in [7, 11) is 0. The molecule has 2 aliphatic heterocycles. The number of benzene rings is 2. The summed E-state index contributed by atoms with van der Waals surface area (Å²) >= 11 is 0. The molecule has 6 rings (SSSR count). The average molecular weight is 521 g/mol. The largest absolute Gasteiger partial charge is 0.439 e. The standard InChI is InChI=1S/C27H19N7O5/c28-14-16-2-4-18(5-3-16)23-30-22(33-39-23)17-6-9-20(10-7-17)38-21-11-8-19(15-29-21)34-13-1-12-27(34)24(35)31-26(37)32-25(27)36/h2-11,15H,1,12-13H2,(H2,31,32,35,36,37).